The van der Waals surface area contributed by atoms with Crippen molar-refractivity contribution in [2.45, 2.75) is 18.3 Å². The van der Waals surface area contributed by atoms with Crippen LogP contribution in [0.3, 0.4) is 0 Å². The number of hydrogen-bond donors (Lipinski definition) is 1. The molecule has 1 saturated heterocycles. The van der Waals surface area contributed by atoms with E-state index in [2.05, 4.69) is 29.6 Å². The minimum absolute atomic E-state index is 0.0334. The average Bonchev–Trinajstić information content (AvgIpc) is 2.98. The number of benzene rings is 2. The molecule has 27 heavy (non-hydrogen) atoms. The molecule has 6 heteroatoms. The monoisotopic (exact) mass is 384 g/mol. The Bertz CT molecular complexity index is 740. The maximum Gasteiger partial charge on any atom is 0.407 e. The summed E-state index contributed by atoms with van der Waals surface area (Å²) in [6.45, 7) is 1.56. The van der Waals surface area contributed by atoms with Gasteiger partial charge < -0.3 is 15.0 Å². The summed E-state index contributed by atoms with van der Waals surface area (Å²) in [5.41, 5.74) is 2.22. The lowest BCUT2D eigenvalue weighted by Crippen LogP contribution is -2.41. The van der Waals surface area contributed by atoms with Gasteiger partial charge in [0.15, 0.2) is 0 Å². The van der Waals surface area contributed by atoms with E-state index in [-0.39, 0.29) is 19.1 Å². The Morgan fingerprint density at radius 3 is 2.48 bits per heavy atom. The molecular weight excluding hydrogens is 360 g/mol. The molecule has 0 bridgehead atoms. The van der Waals surface area contributed by atoms with Crippen molar-refractivity contribution < 1.29 is 14.3 Å². The second-order valence-electron chi connectivity index (χ2n) is 6.35. The summed E-state index contributed by atoms with van der Waals surface area (Å²) < 4.78 is 5.14. The lowest BCUT2D eigenvalue weighted by atomic mass is 10.1. The smallest absolute Gasteiger partial charge is 0.407 e. The summed E-state index contributed by atoms with van der Waals surface area (Å²) in [6.07, 6.45) is 0.345. The fourth-order valence-corrected chi connectivity index (χ4v) is 4.22. The number of hydrogen-bond acceptors (Lipinski definition) is 4. The number of carbonyl (C=O) groups is 2. The normalized spacial score (nSPS) is 17.0. The van der Waals surface area contributed by atoms with Crippen LogP contribution in [0.4, 0.5) is 4.79 Å². The summed E-state index contributed by atoms with van der Waals surface area (Å²) in [5.74, 6) is 0.824. The first kappa shape index (κ1) is 19.3. The van der Waals surface area contributed by atoms with E-state index in [1.54, 1.807) is 0 Å². The van der Waals surface area contributed by atoms with E-state index in [4.69, 9.17) is 4.74 Å². The van der Waals surface area contributed by atoms with E-state index in [0.717, 1.165) is 17.7 Å². The highest BCUT2D eigenvalue weighted by atomic mass is 32.2. The predicted molar refractivity (Wildman–Crippen MR) is 107 cm³/mol. The van der Waals surface area contributed by atoms with Crippen LogP contribution in [0.2, 0.25) is 0 Å². The maximum absolute atomic E-state index is 12.4. The number of carbonyl (C=O) groups excluding carboxylic acids is 2. The van der Waals surface area contributed by atoms with Gasteiger partial charge in [-0.2, -0.15) is 11.8 Å². The van der Waals surface area contributed by atoms with Crippen LogP contribution in [0.1, 0.15) is 22.8 Å². The number of rotatable bonds is 5. The zero-order valence-corrected chi connectivity index (χ0v) is 16.0. The van der Waals surface area contributed by atoms with Crippen molar-refractivity contribution in [1.29, 1.82) is 0 Å². The molecule has 1 aliphatic heterocycles. The van der Waals surface area contributed by atoms with Crippen molar-refractivity contribution in [3.63, 3.8) is 0 Å². The van der Waals surface area contributed by atoms with Gasteiger partial charge in [-0.15, -0.1) is 0 Å². The molecular formula is C21H24N2O3S. The molecule has 2 aromatic carbocycles. The van der Waals surface area contributed by atoms with E-state index >= 15 is 0 Å². The fourth-order valence-electron chi connectivity index (χ4n) is 2.99. The summed E-state index contributed by atoms with van der Waals surface area (Å²) in [4.78, 5) is 26.0. The van der Waals surface area contributed by atoms with Gasteiger partial charge in [-0.3, -0.25) is 4.79 Å². The molecule has 1 unspecified atom stereocenters. The maximum atomic E-state index is 12.4. The van der Waals surface area contributed by atoms with Crippen molar-refractivity contribution in [3.05, 3.63) is 71.8 Å². The van der Waals surface area contributed by atoms with Crippen LogP contribution in [0.25, 0.3) is 0 Å². The van der Waals surface area contributed by atoms with Crippen molar-refractivity contribution in [2.24, 2.45) is 0 Å². The van der Waals surface area contributed by atoms with Gasteiger partial charge in [-0.1, -0.05) is 60.7 Å². The highest BCUT2D eigenvalue weighted by Gasteiger charge is 2.22. The molecule has 5 nitrogen and oxygen atoms in total. The molecule has 3 rings (SSSR count). The highest BCUT2D eigenvalue weighted by molar-refractivity contribution is 7.99. The Labute approximate surface area is 164 Å². The minimum Gasteiger partial charge on any atom is -0.445 e. The van der Waals surface area contributed by atoms with E-state index in [0.29, 0.717) is 18.3 Å². The topological polar surface area (TPSA) is 58.6 Å². The van der Waals surface area contributed by atoms with Gasteiger partial charge in [0.1, 0.15) is 13.2 Å². The van der Waals surface area contributed by atoms with Crippen LogP contribution < -0.4 is 5.32 Å². The Morgan fingerprint density at radius 1 is 1.04 bits per heavy atom. The largest absolute Gasteiger partial charge is 0.445 e. The lowest BCUT2D eigenvalue weighted by molar-refractivity contribution is -0.129. The van der Waals surface area contributed by atoms with E-state index in [1.165, 1.54) is 5.56 Å². The average molecular weight is 385 g/mol. The Kier molecular flexibility index (Phi) is 7.16. The van der Waals surface area contributed by atoms with Crippen LogP contribution in [0.15, 0.2) is 60.7 Å². The van der Waals surface area contributed by atoms with Crippen molar-refractivity contribution in [3.8, 4) is 0 Å². The molecule has 1 heterocycles. The third kappa shape index (κ3) is 6.03. The van der Waals surface area contributed by atoms with Crippen molar-refractivity contribution in [2.75, 3.05) is 25.4 Å². The highest BCUT2D eigenvalue weighted by Crippen LogP contribution is 2.34. The summed E-state index contributed by atoms with van der Waals surface area (Å²) >= 11 is 1.88. The zero-order chi connectivity index (χ0) is 18.9. The summed E-state index contributed by atoms with van der Waals surface area (Å²) in [5, 5.41) is 2.96. The van der Waals surface area contributed by atoms with Gasteiger partial charge in [-0.25, -0.2) is 4.79 Å². The van der Waals surface area contributed by atoms with Crippen molar-refractivity contribution >= 4 is 23.8 Å². The number of nitrogens with one attached hydrogen (secondary N) is 1. The first-order valence-electron chi connectivity index (χ1n) is 9.11. The zero-order valence-electron chi connectivity index (χ0n) is 15.2. The number of thioether (sulfide) groups is 1. The Hall–Kier alpha value is -2.47. The third-order valence-corrected chi connectivity index (χ3v) is 5.79. The van der Waals surface area contributed by atoms with Gasteiger partial charge in [-0.05, 0) is 17.5 Å². The molecule has 0 saturated carbocycles. The Balaban J connectivity index is 1.41. The molecule has 1 atom stereocenters. The molecule has 0 radical (unpaired) electrons. The van der Waals surface area contributed by atoms with Crippen LogP contribution >= 0.6 is 11.8 Å². The van der Waals surface area contributed by atoms with Gasteiger partial charge in [0.05, 0.1) is 0 Å². The number of ether oxygens (including phenoxy) is 1. The van der Waals surface area contributed by atoms with Crippen LogP contribution in [0, 0.1) is 0 Å². The molecule has 1 N–H and O–H groups in total. The van der Waals surface area contributed by atoms with Gasteiger partial charge in [0.25, 0.3) is 0 Å². The molecule has 1 fully saturated rings. The molecule has 2 aromatic rings. The molecule has 142 valence electrons. The number of alkyl carbamates (subject to hydrolysis) is 1. The first-order valence-corrected chi connectivity index (χ1v) is 10.2. The molecule has 0 aliphatic carbocycles. The first-order chi connectivity index (χ1) is 13.2. The standard InChI is InChI=1S/C21H24N2O3S/c24-20(15-22-21(25)26-16-17-7-3-1-4-8-17)23-12-11-19(27-14-13-23)18-9-5-2-6-10-18/h1-10,19H,11-16H2,(H,22,25). The second-order valence-corrected chi connectivity index (χ2v) is 7.67. The van der Waals surface area contributed by atoms with Gasteiger partial charge >= 0.3 is 6.09 Å². The number of nitrogens with zero attached hydrogens (tertiary/aromatic N) is 1. The second kappa shape index (κ2) is 10.0. The van der Waals surface area contributed by atoms with Gasteiger partial charge in [0, 0.05) is 24.1 Å². The van der Waals surface area contributed by atoms with Crippen LogP contribution in [0.5, 0.6) is 0 Å². The SMILES string of the molecule is O=C(NCC(=O)N1CCSC(c2ccccc2)CC1)OCc1ccccc1. The van der Waals surface area contributed by atoms with Crippen LogP contribution in [-0.4, -0.2) is 42.3 Å². The molecule has 0 spiro atoms. The summed E-state index contributed by atoms with van der Waals surface area (Å²) in [6, 6.07) is 19.9. The van der Waals surface area contributed by atoms with E-state index < -0.39 is 6.09 Å². The van der Waals surface area contributed by atoms with Crippen LogP contribution in [-0.2, 0) is 16.1 Å². The third-order valence-electron chi connectivity index (χ3n) is 4.46. The molecule has 1 aliphatic rings. The van der Waals surface area contributed by atoms with E-state index in [9.17, 15) is 9.59 Å². The predicted octanol–water partition coefficient (Wildman–Crippen LogP) is 3.62. The van der Waals surface area contributed by atoms with E-state index in [1.807, 2.05) is 53.1 Å². The fraction of sp³-hybridized carbons (Fsp3) is 0.333. The molecule has 0 aromatic heterocycles. The lowest BCUT2D eigenvalue weighted by Gasteiger charge is -2.20. The summed E-state index contributed by atoms with van der Waals surface area (Å²) in [7, 11) is 0. The Morgan fingerprint density at radius 2 is 1.74 bits per heavy atom. The molecule has 2 amide bonds. The quantitative estimate of drug-likeness (QED) is 0.855. The van der Waals surface area contributed by atoms with Crippen molar-refractivity contribution in [1.82, 2.24) is 10.2 Å². The van der Waals surface area contributed by atoms with Gasteiger partial charge in [0.2, 0.25) is 5.91 Å². The minimum atomic E-state index is -0.571. The number of amides is 2.